The van der Waals surface area contributed by atoms with Gasteiger partial charge in [0.1, 0.15) is 5.82 Å². The number of fused-ring (bicyclic) bond motifs is 1. The average Bonchev–Trinajstić information content (AvgIpc) is 2.94. The fourth-order valence-corrected chi connectivity index (χ4v) is 2.30. The van der Waals surface area contributed by atoms with Crippen LogP contribution in [-0.4, -0.2) is 25.7 Å². The molecule has 2 heterocycles. The van der Waals surface area contributed by atoms with Crippen LogP contribution in [0.1, 0.15) is 21.6 Å². The van der Waals surface area contributed by atoms with Crippen LogP contribution >= 0.6 is 11.6 Å². The smallest absolute Gasteiger partial charge is 0.355 e. The topological polar surface area (TPSA) is 87.5 Å². The van der Waals surface area contributed by atoms with Crippen molar-refractivity contribution in [1.82, 2.24) is 14.6 Å². The highest BCUT2D eigenvalue weighted by molar-refractivity contribution is 6.30. The molecule has 0 atom stereocenters. The number of aromatic carboxylic acids is 1. The van der Waals surface area contributed by atoms with Crippen LogP contribution in [0.5, 0.6) is 0 Å². The molecule has 0 aliphatic heterocycles. The van der Waals surface area contributed by atoms with Crippen LogP contribution in [0.15, 0.2) is 35.3 Å². The number of nitrogens with zero attached hydrogens (tertiary/aromatic N) is 2. The van der Waals surface area contributed by atoms with Gasteiger partial charge in [-0.15, -0.1) is 0 Å². The summed E-state index contributed by atoms with van der Waals surface area (Å²) in [5, 5.41) is 11.9. The Kier molecular flexibility index (Phi) is 3.42. The summed E-state index contributed by atoms with van der Waals surface area (Å²) in [6.07, 6.45) is 1.41. The number of rotatable bonds is 3. The molecule has 3 rings (SSSR count). The number of hydrogen-bond acceptors (Lipinski definition) is 3. The predicted molar refractivity (Wildman–Crippen MR) is 77.0 cm³/mol. The quantitative estimate of drug-likeness (QED) is 0.773. The van der Waals surface area contributed by atoms with Crippen molar-refractivity contribution in [2.24, 2.45) is 0 Å². The van der Waals surface area contributed by atoms with E-state index in [1.807, 2.05) is 0 Å². The minimum atomic E-state index is -1.31. The van der Waals surface area contributed by atoms with Crippen LogP contribution in [0.2, 0.25) is 5.02 Å². The average molecular weight is 322 g/mol. The van der Waals surface area contributed by atoms with Gasteiger partial charge in [0.15, 0.2) is 11.3 Å². The highest BCUT2D eigenvalue weighted by atomic mass is 35.5. The molecule has 1 aromatic carbocycles. The zero-order valence-corrected chi connectivity index (χ0v) is 11.8. The van der Waals surface area contributed by atoms with Crippen molar-refractivity contribution in [1.29, 1.82) is 0 Å². The molecule has 0 unspecified atom stereocenters. The van der Waals surface area contributed by atoms with Gasteiger partial charge in [-0.3, -0.25) is 9.89 Å². The number of aromatic nitrogens is 3. The first kappa shape index (κ1) is 14.3. The third kappa shape index (κ3) is 2.35. The molecule has 8 heteroatoms. The molecular weight excluding hydrogens is 313 g/mol. The highest BCUT2D eigenvalue weighted by Crippen LogP contribution is 2.18. The van der Waals surface area contributed by atoms with Crippen molar-refractivity contribution in [2.45, 2.75) is 6.42 Å². The number of halogens is 2. The van der Waals surface area contributed by atoms with Gasteiger partial charge in [0.05, 0.1) is 10.6 Å². The monoisotopic (exact) mass is 321 g/mol. The van der Waals surface area contributed by atoms with Crippen molar-refractivity contribution in [2.75, 3.05) is 0 Å². The van der Waals surface area contributed by atoms with E-state index in [4.69, 9.17) is 11.6 Å². The maximum absolute atomic E-state index is 13.5. The van der Waals surface area contributed by atoms with Gasteiger partial charge in [0.2, 0.25) is 0 Å². The number of carboxylic acid groups (broad SMARTS) is 1. The van der Waals surface area contributed by atoms with Crippen molar-refractivity contribution in [3.05, 3.63) is 68.5 Å². The van der Waals surface area contributed by atoms with Crippen molar-refractivity contribution in [3.8, 4) is 0 Å². The maximum atomic E-state index is 13.5. The summed E-state index contributed by atoms with van der Waals surface area (Å²) < 4.78 is 14.6. The Morgan fingerprint density at radius 3 is 2.86 bits per heavy atom. The van der Waals surface area contributed by atoms with Gasteiger partial charge in [-0.2, -0.15) is 0 Å². The zero-order chi connectivity index (χ0) is 15.9. The molecule has 0 radical (unpaired) electrons. The summed E-state index contributed by atoms with van der Waals surface area (Å²) in [5.74, 6) is -1.95. The van der Waals surface area contributed by atoms with Crippen LogP contribution in [0, 0.1) is 5.82 Å². The standard InChI is InChI=1S/C14H9ClFN3O3/c15-9-2-1-7(6-10(9)16)5-8-12(14(21)22)18-11-3-4-17-19(11)13(8)20/h1-4,6,17H,5H2,(H,21,22). The van der Waals surface area contributed by atoms with Crippen molar-refractivity contribution >= 4 is 23.2 Å². The predicted octanol–water partition coefficient (Wildman–Crippen LogP) is 2.10. The van der Waals surface area contributed by atoms with E-state index >= 15 is 0 Å². The lowest BCUT2D eigenvalue weighted by molar-refractivity contribution is 0.0689. The lowest BCUT2D eigenvalue weighted by Gasteiger charge is -2.06. The SMILES string of the molecule is O=C(O)c1nc2cc[nH]n2c(=O)c1Cc1ccc(Cl)c(F)c1. The third-order valence-corrected chi connectivity index (χ3v) is 3.51. The number of hydrogen-bond donors (Lipinski definition) is 2. The second-order valence-electron chi connectivity index (χ2n) is 4.63. The van der Waals surface area contributed by atoms with E-state index in [-0.39, 0.29) is 28.3 Å². The van der Waals surface area contributed by atoms with Gasteiger partial charge in [-0.1, -0.05) is 17.7 Å². The Hall–Kier alpha value is -2.67. The van der Waals surface area contributed by atoms with E-state index in [9.17, 15) is 19.1 Å². The molecule has 0 amide bonds. The largest absolute Gasteiger partial charge is 0.476 e. The summed E-state index contributed by atoms with van der Waals surface area (Å²) in [6.45, 7) is 0. The number of carboxylic acids is 1. The molecule has 3 aromatic rings. The molecular formula is C14H9ClFN3O3. The highest BCUT2D eigenvalue weighted by Gasteiger charge is 2.19. The Bertz CT molecular complexity index is 948. The summed E-state index contributed by atoms with van der Waals surface area (Å²) in [7, 11) is 0. The Morgan fingerprint density at radius 1 is 1.41 bits per heavy atom. The second kappa shape index (κ2) is 5.27. The van der Waals surface area contributed by atoms with Crippen LogP contribution in [-0.2, 0) is 6.42 Å². The first-order valence-electron chi connectivity index (χ1n) is 6.23. The molecule has 6 nitrogen and oxygen atoms in total. The number of aromatic amines is 1. The van der Waals surface area contributed by atoms with E-state index in [1.54, 1.807) is 0 Å². The normalized spacial score (nSPS) is 11.0. The molecule has 0 fully saturated rings. The number of carbonyl (C=O) groups is 1. The molecule has 0 saturated heterocycles. The van der Waals surface area contributed by atoms with Gasteiger partial charge in [0.25, 0.3) is 5.56 Å². The summed E-state index contributed by atoms with van der Waals surface area (Å²) in [5.41, 5.74) is -0.292. The molecule has 0 aliphatic carbocycles. The zero-order valence-electron chi connectivity index (χ0n) is 11.0. The Balaban J connectivity index is 2.18. The van der Waals surface area contributed by atoms with Gasteiger partial charge >= 0.3 is 5.97 Å². The molecule has 0 saturated carbocycles. The molecule has 2 aromatic heterocycles. The number of nitrogens with one attached hydrogen (secondary N) is 1. The van der Waals surface area contributed by atoms with E-state index in [1.165, 1.54) is 24.4 Å². The Labute approximate surface area is 127 Å². The van der Waals surface area contributed by atoms with E-state index in [0.29, 0.717) is 5.56 Å². The Morgan fingerprint density at radius 2 is 2.18 bits per heavy atom. The van der Waals surface area contributed by atoms with Crippen LogP contribution in [0.25, 0.3) is 5.65 Å². The fraction of sp³-hybridized carbons (Fsp3) is 0.0714. The molecule has 0 spiro atoms. The molecule has 0 aliphatic rings. The minimum Gasteiger partial charge on any atom is -0.476 e. The summed E-state index contributed by atoms with van der Waals surface area (Å²) >= 11 is 5.61. The number of benzene rings is 1. The number of H-pyrrole nitrogens is 1. The molecule has 0 bridgehead atoms. The lowest BCUT2D eigenvalue weighted by atomic mass is 10.0. The van der Waals surface area contributed by atoms with Crippen LogP contribution in [0.3, 0.4) is 0 Å². The van der Waals surface area contributed by atoms with Crippen molar-refractivity contribution < 1.29 is 14.3 Å². The second-order valence-corrected chi connectivity index (χ2v) is 5.04. The summed E-state index contributed by atoms with van der Waals surface area (Å²) in [4.78, 5) is 27.7. The molecule has 22 heavy (non-hydrogen) atoms. The fourth-order valence-electron chi connectivity index (χ4n) is 2.19. The van der Waals surface area contributed by atoms with Crippen molar-refractivity contribution in [3.63, 3.8) is 0 Å². The van der Waals surface area contributed by atoms with E-state index < -0.39 is 17.3 Å². The maximum Gasteiger partial charge on any atom is 0.355 e. The molecule has 2 N–H and O–H groups in total. The van der Waals surface area contributed by atoms with Gasteiger partial charge in [-0.05, 0) is 17.7 Å². The first-order valence-corrected chi connectivity index (χ1v) is 6.61. The van der Waals surface area contributed by atoms with Gasteiger partial charge in [0, 0.05) is 18.7 Å². The minimum absolute atomic E-state index is 0.0332. The third-order valence-electron chi connectivity index (χ3n) is 3.21. The van der Waals surface area contributed by atoms with Crippen LogP contribution < -0.4 is 5.56 Å². The molecule has 112 valence electrons. The lowest BCUT2D eigenvalue weighted by Crippen LogP contribution is -2.25. The summed E-state index contributed by atoms with van der Waals surface area (Å²) in [6, 6.07) is 5.53. The van der Waals surface area contributed by atoms with E-state index in [2.05, 4.69) is 10.1 Å². The van der Waals surface area contributed by atoms with E-state index in [0.717, 1.165) is 10.6 Å². The van der Waals surface area contributed by atoms with Gasteiger partial charge in [-0.25, -0.2) is 18.7 Å². The van der Waals surface area contributed by atoms with Gasteiger partial charge < -0.3 is 5.11 Å². The van der Waals surface area contributed by atoms with Crippen LogP contribution in [0.4, 0.5) is 4.39 Å². The first-order chi connectivity index (χ1) is 10.5.